The summed E-state index contributed by atoms with van der Waals surface area (Å²) in [5.74, 6) is -0.330. The highest BCUT2D eigenvalue weighted by atomic mass is 31.2. The van der Waals surface area contributed by atoms with Gasteiger partial charge in [-0.15, -0.1) is 0 Å². The number of quaternary nitrogens is 1. The summed E-state index contributed by atoms with van der Waals surface area (Å²) in [6, 6.07) is 0. The second kappa shape index (κ2) is 6.15. The number of hydrogen-bond acceptors (Lipinski definition) is 5. The van der Waals surface area contributed by atoms with E-state index >= 15 is 0 Å². The summed E-state index contributed by atoms with van der Waals surface area (Å²) in [7, 11) is 0.986. The lowest BCUT2D eigenvalue weighted by molar-refractivity contribution is -0.893. The molecule has 7 heteroatoms. The fraction of sp³-hybridized carbons (Fsp3) is 0.909. The Bertz CT molecular complexity index is 344. The van der Waals surface area contributed by atoms with E-state index < -0.39 is 13.7 Å². The summed E-state index contributed by atoms with van der Waals surface area (Å²) in [4.78, 5) is 11.5. The minimum absolute atomic E-state index is 0.108. The number of rotatable bonds is 3. The Kier molecular flexibility index (Phi) is 5.34. The van der Waals surface area contributed by atoms with Crippen LogP contribution in [0.2, 0.25) is 0 Å². The van der Waals surface area contributed by atoms with Gasteiger partial charge in [0.2, 0.25) is 0 Å². The fourth-order valence-electron chi connectivity index (χ4n) is 1.94. The van der Waals surface area contributed by atoms with Gasteiger partial charge in [-0.3, -0.25) is 13.9 Å². The maximum Gasteiger partial charge on any atom is 0.328 e. The molecule has 106 valence electrons. The van der Waals surface area contributed by atoms with E-state index in [1.54, 1.807) is 6.92 Å². The highest BCUT2D eigenvalue weighted by Gasteiger charge is 2.34. The second-order valence-corrected chi connectivity index (χ2v) is 7.19. The van der Waals surface area contributed by atoms with Crippen LogP contribution in [0.25, 0.3) is 0 Å². The first kappa shape index (κ1) is 15.6. The van der Waals surface area contributed by atoms with Gasteiger partial charge in [0.15, 0.2) is 0 Å². The lowest BCUT2D eigenvalue weighted by Gasteiger charge is -2.36. The van der Waals surface area contributed by atoms with Crippen molar-refractivity contribution in [3.05, 3.63) is 0 Å². The smallest absolute Gasteiger partial charge is 0.328 e. The van der Waals surface area contributed by atoms with Crippen LogP contribution in [0.4, 0.5) is 0 Å². The maximum atomic E-state index is 12.0. The molecule has 0 aromatic rings. The summed E-state index contributed by atoms with van der Waals surface area (Å²) in [5.41, 5.74) is 0. The van der Waals surface area contributed by atoms with Crippen LogP contribution in [0, 0.1) is 0 Å². The molecule has 0 aromatic carbocycles. The van der Waals surface area contributed by atoms with Crippen LogP contribution in [-0.4, -0.2) is 63.6 Å². The van der Waals surface area contributed by atoms with Crippen LogP contribution in [0.3, 0.4) is 0 Å². The molecule has 0 aliphatic carbocycles. The molecule has 0 spiro atoms. The molecule has 0 aromatic heterocycles. The Morgan fingerprint density at radius 2 is 2.17 bits per heavy atom. The monoisotopic (exact) mass is 280 g/mol. The summed E-state index contributed by atoms with van der Waals surface area (Å²) < 4.78 is 28.2. The molecule has 0 unspecified atom stereocenters. The predicted molar refractivity (Wildman–Crippen MR) is 67.4 cm³/mol. The zero-order valence-corrected chi connectivity index (χ0v) is 12.4. The van der Waals surface area contributed by atoms with Crippen molar-refractivity contribution in [3.8, 4) is 0 Å². The van der Waals surface area contributed by atoms with E-state index in [2.05, 4.69) is 0 Å². The Balaban J connectivity index is 2.70. The van der Waals surface area contributed by atoms with Gasteiger partial charge >= 0.3 is 13.6 Å². The lowest BCUT2D eigenvalue weighted by atomic mass is 10.2. The molecule has 0 amide bonds. The minimum atomic E-state index is -3.06. The van der Waals surface area contributed by atoms with Crippen molar-refractivity contribution in [1.82, 2.24) is 0 Å². The van der Waals surface area contributed by atoms with Gasteiger partial charge in [-0.05, 0) is 6.92 Å². The molecular formula is C11H23NO5P+. The number of nitrogens with zero attached hydrogens (tertiary/aromatic N) is 1. The van der Waals surface area contributed by atoms with Crippen LogP contribution in [-0.2, 0) is 23.1 Å². The molecule has 0 radical (unpaired) electrons. The first-order chi connectivity index (χ1) is 8.24. The summed E-state index contributed by atoms with van der Waals surface area (Å²) >= 11 is 0. The third kappa shape index (κ3) is 5.48. The van der Waals surface area contributed by atoms with E-state index in [1.165, 1.54) is 6.66 Å². The molecule has 1 aliphatic heterocycles. The molecule has 18 heavy (non-hydrogen) atoms. The maximum absolute atomic E-state index is 12.0. The molecule has 0 saturated carbocycles. The van der Waals surface area contributed by atoms with Gasteiger partial charge in [-0.2, -0.15) is 0 Å². The van der Waals surface area contributed by atoms with Crippen LogP contribution in [0.1, 0.15) is 13.3 Å². The SMILES string of the molecule is CCOC(=O)C[C@@H]1C[N+](C)(C)CCO[P@@](C)(=O)O1. The van der Waals surface area contributed by atoms with Crippen molar-refractivity contribution in [3.63, 3.8) is 0 Å². The highest BCUT2D eigenvalue weighted by molar-refractivity contribution is 7.53. The standard InChI is InChI=1S/C11H23NO5P/c1-5-15-11(13)8-10-9-12(2,3)6-7-16-18(4,14)17-10/h10H,5-9H2,1-4H3/q+1/t10-,18-/m1/s1. The van der Waals surface area contributed by atoms with Crippen LogP contribution >= 0.6 is 7.60 Å². The van der Waals surface area contributed by atoms with Crippen molar-refractivity contribution < 1.29 is 27.6 Å². The van der Waals surface area contributed by atoms with E-state index in [4.69, 9.17) is 13.8 Å². The summed E-state index contributed by atoms with van der Waals surface area (Å²) in [6.07, 6.45) is -0.327. The van der Waals surface area contributed by atoms with Crippen molar-refractivity contribution in [1.29, 1.82) is 0 Å². The minimum Gasteiger partial charge on any atom is -0.466 e. The topological polar surface area (TPSA) is 61.8 Å². The van der Waals surface area contributed by atoms with Gasteiger partial charge in [-0.1, -0.05) is 0 Å². The Hall–Kier alpha value is -0.420. The number of carbonyl (C=O) groups is 1. The third-order valence-corrected chi connectivity index (χ3v) is 4.09. The molecule has 1 rings (SSSR count). The number of esters is 1. The number of hydrogen-bond donors (Lipinski definition) is 0. The number of carbonyl (C=O) groups excluding carboxylic acids is 1. The van der Waals surface area contributed by atoms with Crippen molar-refractivity contribution in [2.24, 2.45) is 0 Å². The van der Waals surface area contributed by atoms with E-state index in [-0.39, 0.29) is 12.4 Å². The molecule has 1 fully saturated rings. The van der Waals surface area contributed by atoms with E-state index in [0.29, 0.717) is 24.2 Å². The predicted octanol–water partition coefficient (Wildman–Crippen LogP) is 1.25. The van der Waals surface area contributed by atoms with Gasteiger partial charge in [0.1, 0.15) is 25.8 Å². The van der Waals surface area contributed by atoms with Crippen molar-refractivity contribution >= 4 is 13.6 Å². The number of ether oxygens (including phenoxy) is 1. The molecule has 0 bridgehead atoms. The molecule has 1 saturated heterocycles. The number of likely N-dealkylation sites (N-methyl/N-ethyl adjacent to an activating group) is 1. The van der Waals surface area contributed by atoms with E-state index in [1.807, 2.05) is 14.1 Å². The molecule has 1 heterocycles. The van der Waals surface area contributed by atoms with Crippen molar-refractivity contribution in [2.75, 3.05) is 47.1 Å². The zero-order chi connectivity index (χ0) is 13.8. The van der Waals surface area contributed by atoms with Crippen LogP contribution in [0.15, 0.2) is 0 Å². The fourth-order valence-corrected chi connectivity index (χ4v) is 3.10. The third-order valence-electron chi connectivity index (χ3n) is 2.76. The zero-order valence-electron chi connectivity index (χ0n) is 11.5. The van der Waals surface area contributed by atoms with E-state index in [9.17, 15) is 9.36 Å². The first-order valence-corrected chi connectivity index (χ1v) is 8.11. The average molecular weight is 280 g/mol. The van der Waals surface area contributed by atoms with Crippen LogP contribution in [0.5, 0.6) is 0 Å². The largest absolute Gasteiger partial charge is 0.466 e. The Morgan fingerprint density at radius 1 is 1.50 bits per heavy atom. The molecule has 2 atom stereocenters. The van der Waals surface area contributed by atoms with Gasteiger partial charge in [0, 0.05) is 6.66 Å². The quantitative estimate of drug-likeness (QED) is 0.442. The van der Waals surface area contributed by atoms with Gasteiger partial charge in [0.25, 0.3) is 0 Å². The van der Waals surface area contributed by atoms with Crippen molar-refractivity contribution in [2.45, 2.75) is 19.4 Å². The lowest BCUT2D eigenvalue weighted by Crippen LogP contribution is -2.49. The summed E-state index contributed by atoms with van der Waals surface area (Å²) in [6.45, 7) is 5.28. The molecule has 1 aliphatic rings. The van der Waals surface area contributed by atoms with Gasteiger partial charge in [-0.25, -0.2) is 0 Å². The van der Waals surface area contributed by atoms with Gasteiger partial charge in [0.05, 0.1) is 27.1 Å². The summed E-state index contributed by atoms with van der Waals surface area (Å²) in [5, 5.41) is 0. The molecule has 6 nitrogen and oxygen atoms in total. The molecule has 0 N–H and O–H groups in total. The Labute approximate surface area is 108 Å². The van der Waals surface area contributed by atoms with E-state index in [0.717, 1.165) is 6.54 Å². The van der Waals surface area contributed by atoms with Gasteiger partial charge < -0.3 is 13.7 Å². The highest BCUT2D eigenvalue weighted by Crippen LogP contribution is 2.46. The Morgan fingerprint density at radius 3 is 2.78 bits per heavy atom. The van der Waals surface area contributed by atoms with Crippen LogP contribution < -0.4 is 0 Å². The second-order valence-electron chi connectivity index (χ2n) is 5.18. The average Bonchev–Trinajstić information content (AvgIpc) is 2.13. The molecular weight excluding hydrogens is 257 g/mol. The normalized spacial score (nSPS) is 32.3. The first-order valence-electron chi connectivity index (χ1n) is 6.12.